The summed E-state index contributed by atoms with van der Waals surface area (Å²) < 4.78 is 25.0. The highest BCUT2D eigenvalue weighted by molar-refractivity contribution is 7.90. The van der Waals surface area contributed by atoms with Crippen molar-refractivity contribution in [2.45, 2.75) is 11.8 Å². The molecular formula is C17H17N3O3S2. The number of thiazole rings is 1. The normalized spacial score (nSPS) is 11.5. The molecular weight excluding hydrogens is 358 g/mol. The highest BCUT2D eigenvalue weighted by Crippen LogP contribution is 2.24. The maximum atomic E-state index is 12.5. The number of aromatic nitrogens is 2. The van der Waals surface area contributed by atoms with Gasteiger partial charge in [0.05, 0.1) is 15.6 Å². The van der Waals surface area contributed by atoms with Gasteiger partial charge in [0.25, 0.3) is 5.91 Å². The van der Waals surface area contributed by atoms with E-state index >= 15 is 0 Å². The van der Waals surface area contributed by atoms with Crippen LogP contribution in [-0.2, 0) is 16.9 Å². The lowest BCUT2D eigenvalue weighted by Crippen LogP contribution is -2.15. The van der Waals surface area contributed by atoms with Crippen LogP contribution in [0.3, 0.4) is 0 Å². The molecule has 1 amide bonds. The Morgan fingerprint density at radius 2 is 2.04 bits per heavy atom. The third-order valence-electron chi connectivity index (χ3n) is 3.67. The van der Waals surface area contributed by atoms with E-state index in [1.807, 2.05) is 18.5 Å². The Hall–Kier alpha value is -2.45. The summed E-state index contributed by atoms with van der Waals surface area (Å²) in [7, 11) is -1.54. The van der Waals surface area contributed by atoms with Crippen LogP contribution in [0.4, 0.5) is 5.69 Å². The van der Waals surface area contributed by atoms with Crippen LogP contribution in [0.15, 0.2) is 46.8 Å². The number of hydrogen-bond acceptors (Lipinski definition) is 5. The molecule has 0 unspecified atom stereocenters. The van der Waals surface area contributed by atoms with Gasteiger partial charge in [-0.3, -0.25) is 4.79 Å². The van der Waals surface area contributed by atoms with E-state index in [0.717, 1.165) is 22.5 Å². The zero-order valence-corrected chi connectivity index (χ0v) is 15.6. The summed E-state index contributed by atoms with van der Waals surface area (Å²) in [6, 6.07) is 7.96. The fourth-order valence-electron chi connectivity index (χ4n) is 2.43. The van der Waals surface area contributed by atoms with E-state index in [9.17, 15) is 13.2 Å². The first kappa shape index (κ1) is 17.4. The van der Waals surface area contributed by atoms with Gasteiger partial charge in [-0.1, -0.05) is 6.07 Å². The molecule has 3 aromatic rings. The Kier molecular flexibility index (Phi) is 4.49. The zero-order valence-electron chi connectivity index (χ0n) is 14.0. The quantitative estimate of drug-likeness (QED) is 0.760. The van der Waals surface area contributed by atoms with E-state index in [1.165, 1.54) is 12.1 Å². The summed E-state index contributed by atoms with van der Waals surface area (Å²) in [4.78, 5) is 17.1. The largest absolute Gasteiger partial charge is 0.346 e. The number of sulfone groups is 1. The highest BCUT2D eigenvalue weighted by Gasteiger charge is 2.15. The number of amides is 1. The Bertz CT molecular complexity index is 1050. The second kappa shape index (κ2) is 6.45. The van der Waals surface area contributed by atoms with Crippen LogP contribution in [0.1, 0.15) is 15.5 Å². The molecule has 0 aliphatic heterocycles. The van der Waals surface area contributed by atoms with Crippen molar-refractivity contribution in [3.8, 4) is 11.3 Å². The van der Waals surface area contributed by atoms with Crippen LogP contribution >= 0.6 is 11.3 Å². The second-order valence-corrected chi connectivity index (χ2v) is 8.81. The molecule has 2 aromatic heterocycles. The minimum Gasteiger partial charge on any atom is -0.346 e. The summed E-state index contributed by atoms with van der Waals surface area (Å²) in [5.41, 5.74) is 2.59. The molecule has 0 aliphatic carbocycles. The van der Waals surface area contributed by atoms with Crippen molar-refractivity contribution in [1.29, 1.82) is 0 Å². The lowest BCUT2D eigenvalue weighted by Gasteiger charge is -2.07. The molecule has 1 N–H and O–H groups in total. The van der Waals surface area contributed by atoms with Gasteiger partial charge in [-0.2, -0.15) is 0 Å². The fourth-order valence-corrected chi connectivity index (χ4v) is 3.71. The average molecular weight is 375 g/mol. The van der Waals surface area contributed by atoms with E-state index in [1.54, 1.807) is 41.2 Å². The molecule has 0 saturated carbocycles. The first-order valence-electron chi connectivity index (χ1n) is 7.44. The lowest BCUT2D eigenvalue weighted by atomic mass is 10.2. The van der Waals surface area contributed by atoms with E-state index in [-0.39, 0.29) is 10.8 Å². The van der Waals surface area contributed by atoms with Gasteiger partial charge in [0, 0.05) is 36.1 Å². The number of rotatable bonds is 4. The monoisotopic (exact) mass is 375 g/mol. The van der Waals surface area contributed by atoms with Crippen molar-refractivity contribution in [1.82, 2.24) is 9.55 Å². The van der Waals surface area contributed by atoms with Gasteiger partial charge in [0.1, 0.15) is 5.69 Å². The maximum absolute atomic E-state index is 12.5. The van der Waals surface area contributed by atoms with Crippen LogP contribution < -0.4 is 5.32 Å². The molecule has 0 bridgehead atoms. The number of carbonyl (C=O) groups excluding carboxylic acids is 1. The summed E-state index contributed by atoms with van der Waals surface area (Å²) in [5.74, 6) is -0.314. The van der Waals surface area contributed by atoms with Crippen molar-refractivity contribution in [2.24, 2.45) is 7.05 Å². The molecule has 3 rings (SSSR count). The molecule has 1 aromatic carbocycles. The van der Waals surface area contributed by atoms with E-state index in [0.29, 0.717) is 11.4 Å². The van der Waals surface area contributed by atoms with Gasteiger partial charge in [0.2, 0.25) is 0 Å². The molecule has 0 saturated heterocycles. The van der Waals surface area contributed by atoms with Crippen LogP contribution in [-0.4, -0.2) is 30.1 Å². The van der Waals surface area contributed by atoms with Gasteiger partial charge >= 0.3 is 0 Å². The van der Waals surface area contributed by atoms with Crippen LogP contribution in [0.2, 0.25) is 0 Å². The van der Waals surface area contributed by atoms with Crippen LogP contribution in [0, 0.1) is 6.92 Å². The molecule has 0 atom stereocenters. The van der Waals surface area contributed by atoms with Crippen molar-refractivity contribution >= 4 is 32.8 Å². The first-order chi connectivity index (χ1) is 11.7. The van der Waals surface area contributed by atoms with Crippen LogP contribution in [0.5, 0.6) is 0 Å². The number of hydrogen-bond donors (Lipinski definition) is 1. The maximum Gasteiger partial charge on any atom is 0.272 e. The average Bonchev–Trinajstić information content (AvgIpc) is 3.12. The highest BCUT2D eigenvalue weighted by atomic mass is 32.2. The Balaban J connectivity index is 1.86. The van der Waals surface area contributed by atoms with Crippen molar-refractivity contribution < 1.29 is 13.2 Å². The minimum atomic E-state index is -3.33. The summed E-state index contributed by atoms with van der Waals surface area (Å²) in [6.07, 6.45) is 2.98. The number of anilines is 1. The standard InChI is InChI=1S/C17H17N3O3S2/c1-11-18-15(10-24-11)12-7-16(20(2)9-12)17(21)19-13-5-4-6-14(8-13)25(3,22)23/h4-10H,1-3H3,(H,19,21). The number of carbonyl (C=O) groups is 1. The molecule has 0 fully saturated rings. The Labute approximate surface area is 150 Å². The van der Waals surface area contributed by atoms with Gasteiger partial charge in [-0.05, 0) is 31.2 Å². The third kappa shape index (κ3) is 3.80. The summed E-state index contributed by atoms with van der Waals surface area (Å²) >= 11 is 1.55. The van der Waals surface area contributed by atoms with Gasteiger partial charge < -0.3 is 9.88 Å². The molecule has 25 heavy (non-hydrogen) atoms. The number of nitrogens with one attached hydrogen (secondary N) is 1. The van der Waals surface area contributed by atoms with Gasteiger partial charge in [-0.25, -0.2) is 13.4 Å². The minimum absolute atomic E-state index is 0.163. The van der Waals surface area contributed by atoms with Crippen LogP contribution in [0.25, 0.3) is 11.3 Å². The molecule has 8 heteroatoms. The zero-order chi connectivity index (χ0) is 18.2. The predicted octanol–water partition coefficient (Wildman–Crippen LogP) is 3.11. The van der Waals surface area contributed by atoms with Crippen molar-refractivity contribution in [3.63, 3.8) is 0 Å². The van der Waals surface area contributed by atoms with Crippen molar-refractivity contribution in [3.05, 3.63) is 52.6 Å². The molecule has 0 radical (unpaired) electrons. The molecule has 6 nitrogen and oxygen atoms in total. The summed E-state index contributed by atoms with van der Waals surface area (Å²) in [6.45, 7) is 1.93. The summed E-state index contributed by atoms with van der Waals surface area (Å²) in [5, 5.41) is 5.65. The molecule has 130 valence electrons. The fraction of sp³-hybridized carbons (Fsp3) is 0.176. The lowest BCUT2D eigenvalue weighted by molar-refractivity contribution is 0.101. The number of nitrogens with zero attached hydrogens (tertiary/aromatic N) is 2. The van der Waals surface area contributed by atoms with Gasteiger partial charge in [-0.15, -0.1) is 11.3 Å². The van der Waals surface area contributed by atoms with E-state index in [4.69, 9.17) is 0 Å². The Morgan fingerprint density at radius 3 is 2.68 bits per heavy atom. The molecule has 2 heterocycles. The first-order valence-corrected chi connectivity index (χ1v) is 10.2. The molecule has 0 spiro atoms. The van der Waals surface area contributed by atoms with E-state index < -0.39 is 9.84 Å². The van der Waals surface area contributed by atoms with E-state index in [2.05, 4.69) is 10.3 Å². The topological polar surface area (TPSA) is 81.1 Å². The number of benzene rings is 1. The predicted molar refractivity (Wildman–Crippen MR) is 98.8 cm³/mol. The second-order valence-electron chi connectivity index (χ2n) is 5.73. The third-order valence-corrected chi connectivity index (χ3v) is 5.56. The Morgan fingerprint density at radius 1 is 1.28 bits per heavy atom. The SMILES string of the molecule is Cc1nc(-c2cc(C(=O)Nc3cccc(S(C)(=O)=O)c3)n(C)c2)cs1. The smallest absolute Gasteiger partial charge is 0.272 e. The molecule has 0 aliphatic rings. The van der Waals surface area contributed by atoms with Crippen molar-refractivity contribution in [2.75, 3.05) is 11.6 Å². The number of aryl methyl sites for hydroxylation is 2. The van der Waals surface area contributed by atoms with Gasteiger partial charge in [0.15, 0.2) is 9.84 Å².